The lowest BCUT2D eigenvalue weighted by atomic mass is 10.4. The minimum Gasteiger partial charge on any atom is -0.876 e. The monoisotopic (exact) mass is 304 g/mol. The van der Waals surface area contributed by atoms with E-state index in [1.165, 1.54) is 15.9 Å². The van der Waals surface area contributed by atoms with E-state index in [-0.39, 0.29) is 0 Å². The summed E-state index contributed by atoms with van der Waals surface area (Å²) in [6, 6.07) is 31.0. The average Bonchev–Trinajstić information content (AvgIpc) is 2.62. The molecule has 0 aliphatic rings. The van der Waals surface area contributed by atoms with E-state index in [1.54, 1.807) is 0 Å². The summed E-state index contributed by atoms with van der Waals surface area (Å²) in [5.74, 6) is 1.85. The lowest BCUT2D eigenvalue weighted by Crippen LogP contribution is -2.29. The molecule has 0 atom stereocenters. The summed E-state index contributed by atoms with van der Waals surface area (Å²) in [6.07, 6.45) is 0.945. The summed E-state index contributed by atoms with van der Waals surface area (Å²) < 4.78 is 0. The van der Waals surface area contributed by atoms with Gasteiger partial charge < -0.3 is 5.11 Å². The largest absolute Gasteiger partial charge is 0.876 e. The van der Waals surface area contributed by atoms with E-state index in [4.69, 9.17) is 0 Å². The van der Waals surface area contributed by atoms with Crippen LogP contribution in [0.3, 0.4) is 0 Å². The van der Waals surface area contributed by atoms with Gasteiger partial charge >= 0.3 is 0 Å². The lowest BCUT2D eigenvalue weighted by molar-refractivity contribution is -0.274. The molecule has 0 bridgehead atoms. The fourth-order valence-corrected chi connectivity index (χ4v) is 6.31. The molecule has 2 heteroatoms. The molecule has 0 aliphatic heterocycles. The summed E-state index contributed by atoms with van der Waals surface area (Å²) in [5, 5.41) is 15.1. The maximum atomic E-state index is 11.5. The van der Waals surface area contributed by atoms with Gasteiger partial charge in [-0.2, -0.15) is 0 Å². The first-order valence-corrected chi connectivity index (χ1v) is 9.09. The van der Waals surface area contributed by atoms with E-state index in [1.807, 2.05) is 60.4 Å². The van der Waals surface area contributed by atoms with Gasteiger partial charge in [-0.15, -0.1) is 6.26 Å². The van der Waals surface area contributed by atoms with E-state index in [0.717, 1.165) is 6.26 Å². The average molecular weight is 304 g/mol. The van der Waals surface area contributed by atoms with Crippen molar-refractivity contribution in [1.29, 1.82) is 0 Å². The Bertz CT molecular complexity index is 640. The summed E-state index contributed by atoms with van der Waals surface area (Å²) in [5.41, 5.74) is 0. The van der Waals surface area contributed by atoms with Gasteiger partial charge in [-0.1, -0.05) is 54.6 Å². The Kier molecular flexibility index (Phi) is 4.37. The molecule has 1 nitrogen and oxygen atoms in total. The van der Waals surface area contributed by atoms with Crippen molar-refractivity contribution in [2.24, 2.45) is 0 Å². The van der Waals surface area contributed by atoms with Gasteiger partial charge in [-0.05, 0) is 36.4 Å². The standard InChI is InChI=1S/C20H17OP/c21-16-17-22(18-10-4-1-5-11-18,19-12-6-2-7-13-19)20-14-8-3-9-15-20/h1-17H/b17-16+. The highest BCUT2D eigenvalue weighted by molar-refractivity contribution is 7.98. The predicted octanol–water partition coefficient (Wildman–Crippen LogP) is 2.81. The Morgan fingerprint density at radius 2 is 0.864 bits per heavy atom. The minimum absolute atomic E-state index is 0.945. The van der Waals surface area contributed by atoms with Gasteiger partial charge in [-0.25, -0.2) is 0 Å². The van der Waals surface area contributed by atoms with Crippen LogP contribution in [0, 0.1) is 0 Å². The van der Waals surface area contributed by atoms with Gasteiger partial charge in [0.05, 0.1) is 5.82 Å². The molecule has 22 heavy (non-hydrogen) atoms. The van der Waals surface area contributed by atoms with Crippen molar-refractivity contribution in [3.8, 4) is 0 Å². The van der Waals surface area contributed by atoms with Crippen molar-refractivity contribution >= 4 is 23.2 Å². The molecule has 0 aliphatic carbocycles. The molecule has 3 aromatic rings. The smallest absolute Gasteiger partial charge is 0.135 e. The van der Waals surface area contributed by atoms with Gasteiger partial charge in [-0.3, -0.25) is 0 Å². The molecule has 3 rings (SSSR count). The van der Waals surface area contributed by atoms with Crippen molar-refractivity contribution in [3.63, 3.8) is 0 Å². The molecular formula is C20H17OP. The molecule has 0 saturated carbocycles. The third-order valence-corrected chi connectivity index (χ3v) is 7.68. The fraction of sp³-hybridized carbons (Fsp3) is 0. The molecule has 3 aromatic carbocycles. The van der Waals surface area contributed by atoms with Gasteiger partial charge in [0, 0.05) is 0 Å². The molecule has 0 heterocycles. The van der Waals surface area contributed by atoms with Crippen molar-refractivity contribution in [1.82, 2.24) is 0 Å². The van der Waals surface area contributed by atoms with Crippen LogP contribution in [0.15, 0.2) is 103 Å². The van der Waals surface area contributed by atoms with Crippen LogP contribution >= 0.6 is 7.26 Å². The number of hydrogen-bond donors (Lipinski definition) is 0. The maximum Gasteiger partial charge on any atom is 0.135 e. The van der Waals surface area contributed by atoms with Crippen molar-refractivity contribution in [3.05, 3.63) is 103 Å². The molecule has 108 valence electrons. The third kappa shape index (κ3) is 2.56. The second-order valence-electron chi connectivity index (χ2n) is 5.01. The summed E-state index contributed by atoms with van der Waals surface area (Å²) >= 11 is 0. The summed E-state index contributed by atoms with van der Waals surface area (Å²) in [4.78, 5) is 0. The van der Waals surface area contributed by atoms with Crippen LogP contribution in [0.1, 0.15) is 0 Å². The highest BCUT2D eigenvalue weighted by Gasteiger charge is 2.42. The molecule has 0 aromatic heterocycles. The summed E-state index contributed by atoms with van der Waals surface area (Å²) in [7, 11) is -2.05. The van der Waals surface area contributed by atoms with Gasteiger partial charge in [0.15, 0.2) is 0 Å². The van der Waals surface area contributed by atoms with E-state index < -0.39 is 7.26 Å². The highest BCUT2D eigenvalue weighted by atomic mass is 31.2. The third-order valence-electron chi connectivity index (χ3n) is 3.77. The predicted molar refractivity (Wildman–Crippen MR) is 94.3 cm³/mol. The number of benzene rings is 3. The van der Waals surface area contributed by atoms with Crippen LogP contribution in [-0.4, -0.2) is 0 Å². The van der Waals surface area contributed by atoms with E-state index in [0.29, 0.717) is 0 Å². The van der Waals surface area contributed by atoms with Crippen LogP contribution in [0.5, 0.6) is 0 Å². The topological polar surface area (TPSA) is 23.1 Å². The Hall–Kier alpha value is -2.37. The molecule has 0 amide bonds. The van der Waals surface area contributed by atoms with Gasteiger partial charge in [0.25, 0.3) is 0 Å². The minimum atomic E-state index is -2.05. The SMILES string of the molecule is [O-]/C=C/[P+](c1ccccc1)(c1ccccc1)c1ccccc1. The normalized spacial score (nSPS) is 11.6. The first kappa shape index (κ1) is 14.6. The van der Waals surface area contributed by atoms with Crippen LogP contribution < -0.4 is 21.0 Å². The number of rotatable bonds is 4. The second kappa shape index (κ2) is 6.60. The zero-order valence-corrected chi connectivity index (χ0v) is 13.1. The van der Waals surface area contributed by atoms with Gasteiger partial charge in [0.2, 0.25) is 0 Å². The van der Waals surface area contributed by atoms with E-state index in [9.17, 15) is 5.11 Å². The Morgan fingerprint density at radius 1 is 0.545 bits per heavy atom. The second-order valence-corrected chi connectivity index (χ2v) is 8.31. The molecule has 0 radical (unpaired) electrons. The summed E-state index contributed by atoms with van der Waals surface area (Å²) in [6.45, 7) is 0. The first-order valence-electron chi connectivity index (χ1n) is 7.23. The zero-order valence-electron chi connectivity index (χ0n) is 12.2. The molecular weight excluding hydrogens is 287 g/mol. The van der Waals surface area contributed by atoms with Gasteiger partial charge in [0.1, 0.15) is 23.2 Å². The molecule has 0 saturated heterocycles. The maximum absolute atomic E-state index is 11.5. The van der Waals surface area contributed by atoms with E-state index in [2.05, 4.69) is 36.4 Å². The van der Waals surface area contributed by atoms with Crippen LogP contribution in [0.4, 0.5) is 0 Å². The highest BCUT2D eigenvalue weighted by Crippen LogP contribution is 2.56. The van der Waals surface area contributed by atoms with Crippen molar-refractivity contribution in [2.75, 3.05) is 0 Å². The van der Waals surface area contributed by atoms with Crippen LogP contribution in [0.2, 0.25) is 0 Å². The van der Waals surface area contributed by atoms with Crippen LogP contribution in [-0.2, 0) is 0 Å². The Labute approximate surface area is 131 Å². The quantitative estimate of drug-likeness (QED) is 0.537. The molecule has 0 spiro atoms. The number of hydrogen-bond acceptors (Lipinski definition) is 1. The Morgan fingerprint density at radius 3 is 1.14 bits per heavy atom. The molecule has 0 fully saturated rings. The molecule has 0 unspecified atom stereocenters. The van der Waals surface area contributed by atoms with Crippen LogP contribution in [0.25, 0.3) is 0 Å². The Balaban J connectivity index is 2.34. The first-order chi connectivity index (χ1) is 10.9. The van der Waals surface area contributed by atoms with E-state index >= 15 is 0 Å². The lowest BCUT2D eigenvalue weighted by Gasteiger charge is -2.24. The van der Waals surface area contributed by atoms with Crippen molar-refractivity contribution < 1.29 is 5.11 Å². The molecule has 0 N–H and O–H groups in total. The zero-order chi connectivity index (χ0) is 15.3. The van der Waals surface area contributed by atoms with Crippen molar-refractivity contribution in [2.45, 2.75) is 0 Å². The fourth-order valence-electron chi connectivity index (χ4n) is 2.79.